The maximum atomic E-state index is 12.6. The predicted molar refractivity (Wildman–Crippen MR) is 101 cm³/mol. The molecule has 9 nitrogen and oxygen atoms in total. The molecule has 0 radical (unpaired) electrons. The highest BCUT2D eigenvalue weighted by Crippen LogP contribution is 2.21. The van der Waals surface area contributed by atoms with Crippen LogP contribution < -0.4 is 15.4 Å². The molecule has 0 aromatic heterocycles. The number of rotatable bonds is 8. The Morgan fingerprint density at radius 3 is 2.79 bits per heavy atom. The summed E-state index contributed by atoms with van der Waals surface area (Å²) >= 11 is 0. The van der Waals surface area contributed by atoms with E-state index in [1.165, 1.54) is 7.11 Å². The number of hydrogen-bond donors (Lipinski definition) is 2. The van der Waals surface area contributed by atoms with E-state index in [4.69, 9.17) is 9.47 Å². The smallest absolute Gasteiger partial charge is 0.325 e. The number of imide groups is 1. The molecule has 2 aliphatic rings. The van der Waals surface area contributed by atoms with Gasteiger partial charge in [0.05, 0.1) is 33.3 Å². The summed E-state index contributed by atoms with van der Waals surface area (Å²) in [5, 5.41) is 5.40. The van der Waals surface area contributed by atoms with Crippen molar-refractivity contribution in [1.82, 2.24) is 20.4 Å². The van der Waals surface area contributed by atoms with Crippen LogP contribution in [0.2, 0.25) is 0 Å². The van der Waals surface area contributed by atoms with Crippen LogP contribution in [0.25, 0.3) is 0 Å². The molecule has 0 spiro atoms. The highest BCUT2D eigenvalue weighted by Gasteiger charge is 2.39. The summed E-state index contributed by atoms with van der Waals surface area (Å²) in [4.78, 5) is 40.3. The minimum absolute atomic E-state index is 0.0733. The van der Waals surface area contributed by atoms with E-state index in [2.05, 4.69) is 15.5 Å². The average molecular weight is 390 g/mol. The van der Waals surface area contributed by atoms with E-state index in [1.807, 2.05) is 12.1 Å². The molecule has 28 heavy (non-hydrogen) atoms. The molecule has 2 fully saturated rings. The van der Waals surface area contributed by atoms with Crippen molar-refractivity contribution in [3.63, 3.8) is 0 Å². The van der Waals surface area contributed by atoms with Gasteiger partial charge in [0.25, 0.3) is 5.91 Å². The summed E-state index contributed by atoms with van der Waals surface area (Å²) in [6.45, 7) is 4.45. The molecule has 3 rings (SSSR count). The molecule has 0 saturated carbocycles. The monoisotopic (exact) mass is 390 g/mol. The van der Waals surface area contributed by atoms with Crippen LogP contribution in [0.4, 0.5) is 4.79 Å². The van der Waals surface area contributed by atoms with Gasteiger partial charge in [0.2, 0.25) is 5.91 Å². The van der Waals surface area contributed by atoms with Crippen molar-refractivity contribution in [3.8, 4) is 5.75 Å². The lowest BCUT2D eigenvalue weighted by molar-refractivity contribution is -0.131. The Morgan fingerprint density at radius 2 is 2.04 bits per heavy atom. The van der Waals surface area contributed by atoms with Crippen LogP contribution in [0.1, 0.15) is 12.0 Å². The Morgan fingerprint density at radius 1 is 1.29 bits per heavy atom. The zero-order chi connectivity index (χ0) is 19.9. The van der Waals surface area contributed by atoms with Crippen molar-refractivity contribution < 1.29 is 23.9 Å². The van der Waals surface area contributed by atoms with Crippen LogP contribution in [0, 0.1) is 0 Å². The highest BCUT2D eigenvalue weighted by molar-refractivity contribution is 6.05. The van der Waals surface area contributed by atoms with E-state index in [1.54, 1.807) is 12.1 Å². The van der Waals surface area contributed by atoms with Gasteiger partial charge in [0, 0.05) is 31.7 Å². The molecule has 2 heterocycles. The first-order valence-electron chi connectivity index (χ1n) is 9.39. The maximum absolute atomic E-state index is 12.6. The van der Waals surface area contributed by atoms with Gasteiger partial charge in [-0.3, -0.25) is 19.4 Å². The molecule has 9 heteroatoms. The van der Waals surface area contributed by atoms with Crippen molar-refractivity contribution in [3.05, 3.63) is 29.8 Å². The molecule has 0 bridgehead atoms. The number of carbonyl (C=O) groups is 3. The summed E-state index contributed by atoms with van der Waals surface area (Å²) in [5.74, 6) is -0.0577. The molecular formula is C19H26N4O5. The standard InChI is InChI=1S/C19H26N4O5/c1-27-16-5-3-2-4-14(16)13-23-18(25)15(21-19(23)26)12-17(24)20-6-7-22-8-10-28-11-9-22/h2-5,15H,6-13H2,1H3,(H,20,24)(H,21,26)/t15-/m0/s1. The van der Waals surface area contributed by atoms with E-state index in [0.717, 1.165) is 30.1 Å². The van der Waals surface area contributed by atoms with Crippen LogP contribution in [0.3, 0.4) is 0 Å². The van der Waals surface area contributed by atoms with E-state index in [0.29, 0.717) is 25.5 Å². The lowest BCUT2D eigenvalue weighted by atomic mass is 10.1. The van der Waals surface area contributed by atoms with E-state index < -0.39 is 18.0 Å². The summed E-state index contributed by atoms with van der Waals surface area (Å²) in [6, 6.07) is 5.86. The van der Waals surface area contributed by atoms with Gasteiger partial charge in [-0.05, 0) is 6.07 Å². The second-order valence-electron chi connectivity index (χ2n) is 6.75. The third-order valence-corrected chi connectivity index (χ3v) is 4.87. The largest absolute Gasteiger partial charge is 0.496 e. The molecule has 2 aliphatic heterocycles. The van der Waals surface area contributed by atoms with Gasteiger partial charge >= 0.3 is 6.03 Å². The van der Waals surface area contributed by atoms with E-state index >= 15 is 0 Å². The Hall–Kier alpha value is -2.65. The van der Waals surface area contributed by atoms with E-state index in [-0.39, 0.29) is 18.9 Å². The van der Waals surface area contributed by atoms with Crippen molar-refractivity contribution >= 4 is 17.8 Å². The molecule has 0 aliphatic carbocycles. The number of benzene rings is 1. The van der Waals surface area contributed by atoms with Gasteiger partial charge in [-0.2, -0.15) is 0 Å². The predicted octanol–water partition coefficient (Wildman–Crippen LogP) is -0.0459. The van der Waals surface area contributed by atoms with Crippen molar-refractivity contribution in [2.45, 2.75) is 19.0 Å². The Bertz CT molecular complexity index is 720. The fraction of sp³-hybridized carbons (Fsp3) is 0.526. The van der Waals surface area contributed by atoms with Gasteiger partial charge in [-0.1, -0.05) is 18.2 Å². The normalized spacial score (nSPS) is 20.2. The average Bonchev–Trinajstić information content (AvgIpc) is 2.96. The van der Waals surface area contributed by atoms with Crippen LogP contribution in [-0.4, -0.2) is 80.2 Å². The number of ether oxygens (including phenoxy) is 2. The first-order chi connectivity index (χ1) is 13.6. The van der Waals surface area contributed by atoms with E-state index in [9.17, 15) is 14.4 Å². The Labute approximate surface area is 163 Å². The first-order valence-corrected chi connectivity index (χ1v) is 9.39. The van der Waals surface area contributed by atoms with Gasteiger partial charge < -0.3 is 20.1 Å². The van der Waals surface area contributed by atoms with Crippen molar-refractivity contribution in [2.75, 3.05) is 46.5 Å². The number of morpholine rings is 1. The SMILES string of the molecule is COc1ccccc1CN1C(=O)N[C@@H](CC(=O)NCCN2CCOCC2)C1=O. The summed E-state index contributed by atoms with van der Waals surface area (Å²) in [5.41, 5.74) is 0.726. The minimum Gasteiger partial charge on any atom is -0.496 e. The zero-order valence-electron chi connectivity index (χ0n) is 16.0. The van der Waals surface area contributed by atoms with Gasteiger partial charge in [-0.15, -0.1) is 0 Å². The molecule has 2 saturated heterocycles. The lowest BCUT2D eigenvalue weighted by Crippen LogP contribution is -2.42. The lowest BCUT2D eigenvalue weighted by Gasteiger charge is -2.26. The molecule has 1 atom stereocenters. The minimum atomic E-state index is -0.842. The second kappa shape index (κ2) is 9.52. The molecule has 152 valence electrons. The number of amides is 4. The second-order valence-corrected chi connectivity index (χ2v) is 6.75. The number of carbonyl (C=O) groups excluding carboxylic acids is 3. The molecular weight excluding hydrogens is 364 g/mol. The van der Waals surface area contributed by atoms with Crippen LogP contribution in [0.5, 0.6) is 5.75 Å². The molecule has 1 aromatic rings. The molecule has 1 aromatic carbocycles. The molecule has 2 N–H and O–H groups in total. The van der Waals surface area contributed by atoms with Crippen molar-refractivity contribution in [2.24, 2.45) is 0 Å². The third-order valence-electron chi connectivity index (χ3n) is 4.87. The van der Waals surface area contributed by atoms with Crippen LogP contribution >= 0.6 is 0 Å². The number of nitrogens with one attached hydrogen (secondary N) is 2. The Kier molecular flexibility index (Phi) is 6.83. The summed E-state index contributed by atoms with van der Waals surface area (Å²) in [6.07, 6.45) is -0.0733. The number of urea groups is 1. The number of hydrogen-bond acceptors (Lipinski definition) is 6. The van der Waals surface area contributed by atoms with Gasteiger partial charge in [0.15, 0.2) is 0 Å². The van der Waals surface area contributed by atoms with Crippen molar-refractivity contribution in [1.29, 1.82) is 0 Å². The summed E-state index contributed by atoms with van der Waals surface area (Å²) in [7, 11) is 1.54. The van der Waals surface area contributed by atoms with Crippen LogP contribution in [-0.2, 0) is 20.9 Å². The topological polar surface area (TPSA) is 100 Å². The quantitative estimate of drug-likeness (QED) is 0.604. The van der Waals surface area contributed by atoms with Gasteiger partial charge in [0.1, 0.15) is 11.8 Å². The van der Waals surface area contributed by atoms with Gasteiger partial charge in [-0.25, -0.2) is 4.79 Å². The highest BCUT2D eigenvalue weighted by atomic mass is 16.5. The fourth-order valence-corrected chi connectivity index (χ4v) is 3.30. The summed E-state index contributed by atoms with van der Waals surface area (Å²) < 4.78 is 10.6. The number of methoxy groups -OCH3 is 1. The molecule has 4 amide bonds. The maximum Gasteiger partial charge on any atom is 0.325 e. The third kappa shape index (κ3) is 4.99. The molecule has 0 unspecified atom stereocenters. The Balaban J connectivity index is 1.48. The first kappa shape index (κ1) is 20.1. The van der Waals surface area contributed by atoms with Crippen LogP contribution in [0.15, 0.2) is 24.3 Å². The number of nitrogens with zero attached hydrogens (tertiary/aromatic N) is 2. The number of para-hydroxylation sites is 1. The fourth-order valence-electron chi connectivity index (χ4n) is 3.30. The zero-order valence-corrected chi connectivity index (χ0v) is 16.0.